The van der Waals surface area contributed by atoms with Crippen LogP contribution in [0.4, 0.5) is 11.4 Å². The zero-order valence-electron chi connectivity index (χ0n) is 22.7. The molecule has 1 fully saturated rings. The van der Waals surface area contributed by atoms with Gasteiger partial charge in [0.15, 0.2) is 0 Å². The summed E-state index contributed by atoms with van der Waals surface area (Å²) < 4.78 is 10.9. The third kappa shape index (κ3) is 7.65. The van der Waals surface area contributed by atoms with Crippen LogP contribution in [0, 0.1) is 0 Å². The van der Waals surface area contributed by atoms with Crippen LogP contribution >= 0.6 is 11.6 Å². The first kappa shape index (κ1) is 31.4. The zero-order valence-corrected chi connectivity index (χ0v) is 23.4. The largest absolute Gasteiger partial charge is 0.462 e. The van der Waals surface area contributed by atoms with Gasteiger partial charge in [-0.2, -0.15) is 0 Å². The van der Waals surface area contributed by atoms with Gasteiger partial charge >= 0.3 is 0 Å². The Morgan fingerprint density at radius 1 is 0.881 bits per heavy atom. The Kier molecular flexibility index (Phi) is 10.9. The van der Waals surface area contributed by atoms with Crippen LogP contribution in [0.3, 0.4) is 0 Å². The normalized spacial score (nSPS) is 24.2. The number of amides is 3. The van der Waals surface area contributed by atoms with Crippen molar-refractivity contribution < 1.29 is 44.3 Å². The minimum absolute atomic E-state index is 0.0676. The molecule has 0 radical (unpaired) electrons. The maximum absolute atomic E-state index is 12.7. The molecule has 0 bridgehead atoms. The monoisotopic (exact) mass is 603 g/mol. The average Bonchev–Trinajstić information content (AvgIpc) is 3.19. The number of aliphatic hydroxyl groups is 4. The molecular formula is C29H34ClN3O9. The highest BCUT2D eigenvalue weighted by atomic mass is 35.5. The highest BCUT2D eigenvalue weighted by molar-refractivity contribution is 6.48. The minimum Gasteiger partial charge on any atom is -0.462 e. The van der Waals surface area contributed by atoms with Gasteiger partial charge < -0.3 is 40.5 Å². The van der Waals surface area contributed by atoms with Crippen LogP contribution in [-0.4, -0.2) is 86.9 Å². The molecule has 0 aliphatic carbocycles. The highest BCUT2D eigenvalue weighted by Gasteiger charge is 2.44. The predicted molar refractivity (Wildman–Crippen MR) is 152 cm³/mol. The molecule has 226 valence electrons. The van der Waals surface area contributed by atoms with Gasteiger partial charge in [-0.3, -0.25) is 19.3 Å². The number of imide groups is 1. The Morgan fingerprint density at radius 3 is 2.26 bits per heavy atom. The molecule has 0 saturated carbocycles. The first-order chi connectivity index (χ1) is 20.2. The highest BCUT2D eigenvalue weighted by Crippen LogP contribution is 2.27. The molecule has 6 N–H and O–H groups in total. The summed E-state index contributed by atoms with van der Waals surface area (Å²) in [6.07, 6.45) is -4.01. The molecule has 5 atom stereocenters. The van der Waals surface area contributed by atoms with Crippen molar-refractivity contribution in [3.8, 4) is 5.75 Å². The second-order valence-electron chi connectivity index (χ2n) is 9.99. The fourth-order valence-corrected chi connectivity index (χ4v) is 4.80. The van der Waals surface area contributed by atoms with Gasteiger partial charge in [0, 0.05) is 24.3 Å². The second kappa shape index (κ2) is 14.6. The summed E-state index contributed by atoms with van der Waals surface area (Å²) in [6, 6.07) is 15.3. The fraction of sp³-hybridized carbons (Fsp3) is 0.414. The smallest absolute Gasteiger partial charge is 0.278 e. The molecule has 4 rings (SSSR count). The van der Waals surface area contributed by atoms with Gasteiger partial charge in [0.2, 0.25) is 12.2 Å². The molecule has 0 aromatic heterocycles. The number of benzene rings is 2. The molecule has 1 saturated heterocycles. The molecule has 0 unspecified atom stereocenters. The van der Waals surface area contributed by atoms with Crippen LogP contribution in [0.5, 0.6) is 5.75 Å². The van der Waals surface area contributed by atoms with E-state index >= 15 is 0 Å². The lowest BCUT2D eigenvalue weighted by Crippen LogP contribution is -2.60. The maximum atomic E-state index is 12.7. The number of hydrogen-bond donors (Lipinski definition) is 6. The summed E-state index contributed by atoms with van der Waals surface area (Å²) in [4.78, 5) is 38.6. The number of nitrogens with zero attached hydrogens (tertiary/aromatic N) is 1. The van der Waals surface area contributed by atoms with Crippen LogP contribution in [0.25, 0.3) is 0 Å². The molecule has 0 spiro atoms. The predicted octanol–water partition coefficient (Wildman–Crippen LogP) is 1.69. The van der Waals surface area contributed by atoms with Gasteiger partial charge in [-0.25, -0.2) is 0 Å². The topological polar surface area (TPSA) is 178 Å². The first-order valence-electron chi connectivity index (χ1n) is 13.6. The van der Waals surface area contributed by atoms with Gasteiger partial charge in [-0.05, 0) is 49.2 Å². The number of aliphatic hydroxyl groups excluding tert-OH is 4. The lowest BCUT2D eigenvalue weighted by Gasteiger charge is -2.39. The Hall–Kier alpha value is -3.52. The molecule has 2 aromatic carbocycles. The van der Waals surface area contributed by atoms with E-state index in [0.717, 1.165) is 11.3 Å². The summed E-state index contributed by atoms with van der Waals surface area (Å²) >= 11 is 6.12. The summed E-state index contributed by atoms with van der Waals surface area (Å²) in [5, 5.41) is 44.7. The zero-order chi connectivity index (χ0) is 30.2. The minimum atomic E-state index is -1.55. The van der Waals surface area contributed by atoms with Crippen molar-refractivity contribution in [3.05, 3.63) is 65.3 Å². The molecule has 2 aromatic rings. The van der Waals surface area contributed by atoms with Crippen molar-refractivity contribution in [1.82, 2.24) is 4.90 Å². The summed E-state index contributed by atoms with van der Waals surface area (Å²) in [5.41, 5.74) is 1.25. The maximum Gasteiger partial charge on any atom is 0.278 e. The Balaban J connectivity index is 1.13. The Morgan fingerprint density at radius 2 is 1.57 bits per heavy atom. The van der Waals surface area contributed by atoms with E-state index in [1.807, 2.05) is 6.07 Å². The van der Waals surface area contributed by atoms with E-state index in [9.17, 15) is 34.8 Å². The van der Waals surface area contributed by atoms with Gasteiger partial charge in [-0.1, -0.05) is 42.6 Å². The Labute approximate surface area is 247 Å². The summed E-state index contributed by atoms with van der Waals surface area (Å²) in [5.74, 6) is -0.885. The van der Waals surface area contributed by atoms with E-state index in [4.69, 9.17) is 21.1 Å². The molecule has 42 heavy (non-hydrogen) atoms. The van der Waals surface area contributed by atoms with Gasteiger partial charge in [0.25, 0.3) is 11.8 Å². The molecule has 13 heteroatoms. The van der Waals surface area contributed by atoms with Gasteiger partial charge in [-0.15, -0.1) is 0 Å². The van der Waals surface area contributed by atoms with Crippen LogP contribution < -0.4 is 15.4 Å². The molecule has 2 aliphatic rings. The van der Waals surface area contributed by atoms with Crippen LogP contribution in [0.1, 0.15) is 32.1 Å². The number of ether oxygens (including phenoxy) is 2. The fourth-order valence-electron chi connectivity index (χ4n) is 4.57. The van der Waals surface area contributed by atoms with Crippen molar-refractivity contribution in [2.75, 3.05) is 23.8 Å². The van der Waals surface area contributed by atoms with E-state index in [0.29, 0.717) is 30.6 Å². The number of halogens is 1. The lowest BCUT2D eigenvalue weighted by atomic mass is 9.99. The van der Waals surface area contributed by atoms with Gasteiger partial charge in [0.05, 0.1) is 6.61 Å². The van der Waals surface area contributed by atoms with Crippen molar-refractivity contribution >= 4 is 40.7 Å². The van der Waals surface area contributed by atoms with Crippen molar-refractivity contribution in [2.45, 2.75) is 62.8 Å². The van der Waals surface area contributed by atoms with E-state index in [1.54, 1.807) is 48.5 Å². The van der Waals surface area contributed by atoms with Crippen molar-refractivity contribution in [3.63, 3.8) is 0 Å². The number of nitrogens with one attached hydrogen (secondary N) is 2. The van der Waals surface area contributed by atoms with Gasteiger partial charge in [0.1, 0.15) is 40.9 Å². The molecule has 12 nitrogen and oxygen atoms in total. The van der Waals surface area contributed by atoms with E-state index < -0.39 is 49.1 Å². The first-order valence-corrected chi connectivity index (χ1v) is 14.0. The average molecular weight is 604 g/mol. The standard InChI is InChI=1S/C29H34ClN3O9/c30-22-23(32-17-8-4-3-5-9-17)28(40)33(27(22)39)15-7-2-1-6-10-21(35)31-18-11-13-19(14-12-18)41-29-26(38)25(37)24(36)20(16-34)42-29/h3-5,8-9,11-14,20,24-26,29,32,34,36-38H,1-2,6-7,10,15-16H2,(H,31,35)/t20-,24-,25+,26-,29+/m1/s1. The number of anilines is 2. The quantitative estimate of drug-likeness (QED) is 0.146. The molecule has 2 heterocycles. The van der Waals surface area contributed by atoms with Crippen molar-refractivity contribution in [1.29, 1.82) is 0 Å². The second-order valence-corrected chi connectivity index (χ2v) is 10.4. The number of unbranched alkanes of at least 4 members (excludes halogenated alkanes) is 3. The SMILES string of the molecule is O=C(CCCCCCN1C(=O)C(Cl)=C(Nc2ccccc2)C1=O)Nc1ccc(O[C@H]2O[C@H](CO)[C@@H](O)[C@H](O)[C@H]2O)cc1. The molecular weight excluding hydrogens is 570 g/mol. The lowest BCUT2D eigenvalue weighted by molar-refractivity contribution is -0.277. The van der Waals surface area contributed by atoms with Crippen molar-refractivity contribution in [2.24, 2.45) is 0 Å². The van der Waals surface area contributed by atoms with E-state index in [1.165, 1.54) is 0 Å². The third-order valence-electron chi connectivity index (χ3n) is 6.93. The van der Waals surface area contributed by atoms with Crippen LogP contribution in [-0.2, 0) is 19.1 Å². The third-order valence-corrected chi connectivity index (χ3v) is 7.28. The summed E-state index contributed by atoms with van der Waals surface area (Å²) in [6.45, 7) is -0.328. The van der Waals surface area contributed by atoms with Crippen LogP contribution in [0.2, 0.25) is 0 Å². The Bertz CT molecular complexity index is 1270. The number of carbonyl (C=O) groups excluding carboxylic acids is 3. The number of carbonyl (C=O) groups is 3. The summed E-state index contributed by atoms with van der Waals surface area (Å²) in [7, 11) is 0. The molecule has 3 amide bonds. The van der Waals surface area contributed by atoms with Crippen LogP contribution in [0.15, 0.2) is 65.3 Å². The number of hydrogen-bond acceptors (Lipinski definition) is 10. The number of para-hydroxylation sites is 1. The van der Waals surface area contributed by atoms with E-state index in [-0.39, 0.29) is 35.4 Å². The molecule has 2 aliphatic heterocycles. The van der Waals surface area contributed by atoms with E-state index in [2.05, 4.69) is 10.6 Å². The number of rotatable bonds is 13.